The van der Waals surface area contributed by atoms with Crippen molar-refractivity contribution >= 4 is 5.69 Å². The van der Waals surface area contributed by atoms with Crippen molar-refractivity contribution in [1.29, 1.82) is 0 Å². The van der Waals surface area contributed by atoms with Crippen LogP contribution in [0.5, 0.6) is 0 Å². The van der Waals surface area contributed by atoms with Gasteiger partial charge in [-0.3, -0.25) is 0 Å². The highest BCUT2D eigenvalue weighted by atomic mass is 16.5. The molecule has 84 valence electrons. The summed E-state index contributed by atoms with van der Waals surface area (Å²) in [7, 11) is 0. The standard InChI is InChI=1S/C12H15N3O/c1-8(7-12-14-9(2)15-16-12)10-3-5-11(13)6-4-10/h3-6,8H,7,13H2,1-2H3. The fraction of sp³-hybridized carbons (Fsp3) is 0.333. The topological polar surface area (TPSA) is 64.9 Å². The van der Waals surface area contributed by atoms with Gasteiger partial charge in [-0.05, 0) is 30.5 Å². The number of hydrogen-bond acceptors (Lipinski definition) is 4. The molecule has 1 unspecified atom stereocenters. The number of nitrogens with zero attached hydrogens (tertiary/aromatic N) is 2. The van der Waals surface area contributed by atoms with Crippen molar-refractivity contribution in [2.75, 3.05) is 5.73 Å². The molecule has 0 aliphatic heterocycles. The van der Waals surface area contributed by atoms with Crippen LogP contribution in [0.3, 0.4) is 0 Å². The van der Waals surface area contributed by atoms with E-state index in [0.717, 1.165) is 12.1 Å². The van der Waals surface area contributed by atoms with Gasteiger partial charge in [-0.15, -0.1) is 0 Å². The summed E-state index contributed by atoms with van der Waals surface area (Å²) in [6.07, 6.45) is 0.755. The van der Waals surface area contributed by atoms with Crippen LogP contribution in [0.15, 0.2) is 28.8 Å². The van der Waals surface area contributed by atoms with E-state index in [4.69, 9.17) is 10.3 Å². The first-order valence-electron chi connectivity index (χ1n) is 5.30. The Morgan fingerprint density at radius 3 is 2.56 bits per heavy atom. The van der Waals surface area contributed by atoms with Crippen LogP contribution in [0, 0.1) is 6.92 Å². The Bertz CT molecular complexity index is 461. The van der Waals surface area contributed by atoms with Gasteiger partial charge in [0.15, 0.2) is 5.82 Å². The Balaban J connectivity index is 2.08. The number of nitrogens with two attached hydrogens (primary N) is 1. The maximum atomic E-state index is 5.64. The summed E-state index contributed by atoms with van der Waals surface area (Å²) in [5.74, 6) is 1.71. The minimum absolute atomic E-state index is 0.348. The van der Waals surface area contributed by atoms with Gasteiger partial charge in [0.2, 0.25) is 5.89 Å². The molecule has 0 aliphatic rings. The zero-order chi connectivity index (χ0) is 11.5. The van der Waals surface area contributed by atoms with Crippen molar-refractivity contribution in [3.8, 4) is 0 Å². The van der Waals surface area contributed by atoms with Gasteiger partial charge in [0.1, 0.15) is 0 Å². The third-order valence-electron chi connectivity index (χ3n) is 2.56. The van der Waals surface area contributed by atoms with Crippen LogP contribution in [0.1, 0.15) is 30.1 Å². The van der Waals surface area contributed by atoms with Crippen LogP contribution in [0.25, 0.3) is 0 Å². The lowest BCUT2D eigenvalue weighted by Crippen LogP contribution is -1.99. The van der Waals surface area contributed by atoms with Gasteiger partial charge in [-0.2, -0.15) is 4.98 Å². The van der Waals surface area contributed by atoms with Gasteiger partial charge in [0.25, 0.3) is 0 Å². The van der Waals surface area contributed by atoms with E-state index in [-0.39, 0.29) is 0 Å². The van der Waals surface area contributed by atoms with E-state index in [1.165, 1.54) is 5.56 Å². The lowest BCUT2D eigenvalue weighted by atomic mass is 9.98. The third kappa shape index (κ3) is 2.39. The Kier molecular flexibility index (Phi) is 2.90. The van der Waals surface area contributed by atoms with Crippen LogP contribution in [-0.2, 0) is 6.42 Å². The summed E-state index contributed by atoms with van der Waals surface area (Å²) < 4.78 is 5.09. The summed E-state index contributed by atoms with van der Waals surface area (Å²) in [6.45, 7) is 3.95. The number of hydrogen-bond donors (Lipinski definition) is 1. The molecule has 1 aromatic heterocycles. The fourth-order valence-corrected chi connectivity index (χ4v) is 1.63. The van der Waals surface area contributed by atoms with Crippen molar-refractivity contribution in [2.45, 2.75) is 26.2 Å². The Labute approximate surface area is 94.5 Å². The summed E-state index contributed by atoms with van der Waals surface area (Å²) in [4.78, 5) is 4.19. The molecule has 0 bridgehead atoms. The van der Waals surface area contributed by atoms with Gasteiger partial charge in [0, 0.05) is 12.1 Å². The van der Waals surface area contributed by atoms with Crippen LogP contribution in [0.4, 0.5) is 5.69 Å². The molecule has 4 nitrogen and oxygen atoms in total. The summed E-state index contributed by atoms with van der Waals surface area (Å²) >= 11 is 0. The van der Waals surface area contributed by atoms with Crippen molar-refractivity contribution < 1.29 is 4.52 Å². The highest BCUT2D eigenvalue weighted by molar-refractivity contribution is 5.40. The van der Waals surface area contributed by atoms with E-state index >= 15 is 0 Å². The molecule has 0 saturated carbocycles. The molecule has 0 amide bonds. The number of aryl methyl sites for hydroxylation is 1. The molecule has 0 spiro atoms. The lowest BCUT2D eigenvalue weighted by Gasteiger charge is -2.08. The van der Waals surface area contributed by atoms with Crippen LogP contribution >= 0.6 is 0 Å². The molecule has 16 heavy (non-hydrogen) atoms. The maximum absolute atomic E-state index is 5.64. The van der Waals surface area contributed by atoms with Gasteiger partial charge in [-0.25, -0.2) is 0 Å². The molecule has 0 aliphatic carbocycles. The molecule has 2 aromatic rings. The van der Waals surface area contributed by atoms with Crippen molar-refractivity contribution in [2.24, 2.45) is 0 Å². The van der Waals surface area contributed by atoms with Crippen molar-refractivity contribution in [3.63, 3.8) is 0 Å². The van der Waals surface area contributed by atoms with E-state index in [9.17, 15) is 0 Å². The molecule has 1 aromatic carbocycles. The highest BCUT2D eigenvalue weighted by Gasteiger charge is 2.11. The minimum Gasteiger partial charge on any atom is -0.399 e. The Hall–Kier alpha value is -1.84. The van der Waals surface area contributed by atoms with E-state index < -0.39 is 0 Å². The first-order valence-corrected chi connectivity index (χ1v) is 5.30. The molecule has 4 heteroatoms. The van der Waals surface area contributed by atoms with Gasteiger partial charge >= 0.3 is 0 Å². The van der Waals surface area contributed by atoms with Crippen molar-refractivity contribution in [1.82, 2.24) is 10.1 Å². The van der Waals surface area contributed by atoms with Crippen LogP contribution in [0.2, 0.25) is 0 Å². The van der Waals surface area contributed by atoms with Crippen molar-refractivity contribution in [3.05, 3.63) is 41.5 Å². The average molecular weight is 217 g/mol. The van der Waals surface area contributed by atoms with Gasteiger partial charge in [-0.1, -0.05) is 24.2 Å². The number of aromatic nitrogens is 2. The van der Waals surface area contributed by atoms with E-state index in [1.54, 1.807) is 0 Å². The second kappa shape index (κ2) is 4.35. The summed E-state index contributed by atoms with van der Waals surface area (Å²) in [5, 5.41) is 3.77. The molecule has 0 saturated heterocycles. The monoisotopic (exact) mass is 217 g/mol. The smallest absolute Gasteiger partial charge is 0.227 e. The predicted molar refractivity (Wildman–Crippen MR) is 62.0 cm³/mol. The van der Waals surface area contributed by atoms with Gasteiger partial charge in [0.05, 0.1) is 0 Å². The SMILES string of the molecule is Cc1noc(CC(C)c2ccc(N)cc2)n1. The summed E-state index contributed by atoms with van der Waals surface area (Å²) in [6, 6.07) is 7.88. The van der Waals surface area contributed by atoms with Gasteiger partial charge < -0.3 is 10.3 Å². The van der Waals surface area contributed by atoms with E-state index in [2.05, 4.69) is 17.1 Å². The quantitative estimate of drug-likeness (QED) is 0.801. The van der Waals surface area contributed by atoms with Crippen LogP contribution in [-0.4, -0.2) is 10.1 Å². The summed E-state index contributed by atoms with van der Waals surface area (Å²) in [5.41, 5.74) is 7.65. The lowest BCUT2D eigenvalue weighted by molar-refractivity contribution is 0.368. The zero-order valence-electron chi connectivity index (χ0n) is 9.47. The molecular formula is C12H15N3O. The Morgan fingerprint density at radius 1 is 1.31 bits per heavy atom. The van der Waals surface area contributed by atoms with Crippen LogP contribution < -0.4 is 5.73 Å². The second-order valence-corrected chi connectivity index (χ2v) is 4.01. The molecule has 2 N–H and O–H groups in total. The molecule has 1 heterocycles. The fourth-order valence-electron chi connectivity index (χ4n) is 1.63. The van der Waals surface area contributed by atoms with E-state index in [1.807, 2.05) is 31.2 Å². The highest BCUT2D eigenvalue weighted by Crippen LogP contribution is 2.20. The van der Waals surface area contributed by atoms with E-state index in [0.29, 0.717) is 17.6 Å². The largest absolute Gasteiger partial charge is 0.399 e. The molecule has 0 radical (unpaired) electrons. The number of nitrogen functional groups attached to an aromatic ring is 1. The first kappa shape index (κ1) is 10.7. The number of benzene rings is 1. The predicted octanol–water partition coefficient (Wildman–Crippen LogP) is 2.31. The Morgan fingerprint density at radius 2 is 2.00 bits per heavy atom. The number of anilines is 1. The molecule has 2 rings (SSSR count). The molecule has 0 fully saturated rings. The normalized spacial score (nSPS) is 12.6. The minimum atomic E-state index is 0.348. The number of rotatable bonds is 3. The molecule has 1 atom stereocenters. The maximum Gasteiger partial charge on any atom is 0.227 e. The zero-order valence-corrected chi connectivity index (χ0v) is 9.47. The molecular weight excluding hydrogens is 202 g/mol. The average Bonchev–Trinajstić information content (AvgIpc) is 2.65. The third-order valence-corrected chi connectivity index (χ3v) is 2.56. The first-order chi connectivity index (χ1) is 7.65. The second-order valence-electron chi connectivity index (χ2n) is 4.01.